The first-order valence-corrected chi connectivity index (χ1v) is 7.44. The number of aryl methyl sites for hydroxylation is 1. The fourth-order valence-electron chi connectivity index (χ4n) is 2.88. The molecule has 108 valence electrons. The molecule has 0 aromatic heterocycles. The van der Waals surface area contributed by atoms with Crippen LogP contribution in [0, 0.1) is 0 Å². The van der Waals surface area contributed by atoms with Crippen LogP contribution in [0.15, 0.2) is 54.6 Å². The molecule has 2 N–H and O–H groups in total. The van der Waals surface area contributed by atoms with Crippen molar-refractivity contribution in [2.24, 2.45) is 0 Å². The summed E-state index contributed by atoms with van der Waals surface area (Å²) in [4.78, 5) is 12.2. The lowest BCUT2D eigenvalue weighted by Crippen LogP contribution is -2.39. The first kappa shape index (κ1) is 13.8. The predicted octanol–water partition coefficient (Wildman–Crippen LogP) is 3.29. The number of benzene rings is 2. The molecule has 0 spiro atoms. The maximum atomic E-state index is 12.2. The first-order chi connectivity index (χ1) is 10.2. The summed E-state index contributed by atoms with van der Waals surface area (Å²) >= 11 is 0. The molecule has 2 atom stereocenters. The molecular weight excluding hydrogens is 260 g/mol. The zero-order chi connectivity index (χ0) is 14.7. The third-order valence-electron chi connectivity index (χ3n) is 4.02. The van der Waals surface area contributed by atoms with Gasteiger partial charge in [-0.25, -0.2) is 0 Å². The molecule has 2 aromatic carbocycles. The van der Waals surface area contributed by atoms with E-state index in [9.17, 15) is 4.79 Å². The Labute approximate surface area is 125 Å². The van der Waals surface area contributed by atoms with Crippen molar-refractivity contribution in [3.05, 3.63) is 65.7 Å². The lowest BCUT2D eigenvalue weighted by atomic mass is 10.1. The van der Waals surface area contributed by atoms with Gasteiger partial charge in [-0.1, -0.05) is 42.5 Å². The number of amides is 1. The standard InChI is InChI=1S/C18H20N2O/c1-13(18(21)20-15-8-3-2-4-9-15)19-17-12-11-14-7-5-6-10-16(14)17/h2-10,13,17,19H,11-12H2,1H3,(H,20,21). The molecule has 1 aliphatic rings. The quantitative estimate of drug-likeness (QED) is 0.902. The second-order valence-electron chi connectivity index (χ2n) is 5.53. The third kappa shape index (κ3) is 3.14. The van der Waals surface area contributed by atoms with Crippen molar-refractivity contribution < 1.29 is 4.79 Å². The van der Waals surface area contributed by atoms with E-state index in [1.807, 2.05) is 37.3 Å². The van der Waals surface area contributed by atoms with Gasteiger partial charge in [0.1, 0.15) is 0 Å². The minimum absolute atomic E-state index is 0.00517. The fraction of sp³-hybridized carbons (Fsp3) is 0.278. The van der Waals surface area contributed by atoms with Crippen molar-refractivity contribution in [1.82, 2.24) is 5.32 Å². The number of carbonyl (C=O) groups is 1. The van der Waals surface area contributed by atoms with Crippen molar-refractivity contribution in [2.75, 3.05) is 5.32 Å². The number of anilines is 1. The Bertz CT molecular complexity index is 624. The van der Waals surface area contributed by atoms with Gasteiger partial charge in [-0.2, -0.15) is 0 Å². The molecule has 0 saturated heterocycles. The van der Waals surface area contributed by atoms with Gasteiger partial charge in [-0.15, -0.1) is 0 Å². The van der Waals surface area contributed by atoms with Gasteiger partial charge in [-0.05, 0) is 43.0 Å². The van der Waals surface area contributed by atoms with Crippen LogP contribution in [-0.4, -0.2) is 11.9 Å². The van der Waals surface area contributed by atoms with Crippen LogP contribution in [0.2, 0.25) is 0 Å². The smallest absolute Gasteiger partial charge is 0.241 e. The highest BCUT2D eigenvalue weighted by molar-refractivity contribution is 5.94. The topological polar surface area (TPSA) is 41.1 Å². The molecule has 21 heavy (non-hydrogen) atoms. The predicted molar refractivity (Wildman–Crippen MR) is 85.2 cm³/mol. The maximum Gasteiger partial charge on any atom is 0.241 e. The molecule has 0 fully saturated rings. The van der Waals surface area contributed by atoms with E-state index in [1.54, 1.807) is 0 Å². The van der Waals surface area contributed by atoms with Gasteiger partial charge in [0.05, 0.1) is 6.04 Å². The summed E-state index contributed by atoms with van der Waals surface area (Å²) in [6.07, 6.45) is 2.14. The molecule has 2 unspecified atom stereocenters. The van der Waals surface area contributed by atoms with Crippen molar-refractivity contribution in [3.63, 3.8) is 0 Å². The van der Waals surface area contributed by atoms with E-state index in [0.29, 0.717) is 0 Å². The number of hydrogen-bond donors (Lipinski definition) is 2. The number of hydrogen-bond acceptors (Lipinski definition) is 2. The van der Waals surface area contributed by atoms with Crippen LogP contribution in [0.3, 0.4) is 0 Å². The lowest BCUT2D eigenvalue weighted by molar-refractivity contribution is -0.118. The summed E-state index contributed by atoms with van der Waals surface area (Å²) in [6.45, 7) is 1.92. The zero-order valence-electron chi connectivity index (χ0n) is 12.2. The summed E-state index contributed by atoms with van der Waals surface area (Å²) in [5, 5.41) is 6.38. The SMILES string of the molecule is CC(NC1CCc2ccccc21)C(=O)Nc1ccccc1. The number of nitrogens with one attached hydrogen (secondary N) is 2. The highest BCUT2D eigenvalue weighted by Crippen LogP contribution is 2.31. The Morgan fingerprint density at radius 2 is 1.81 bits per heavy atom. The van der Waals surface area contributed by atoms with Crippen LogP contribution in [0.5, 0.6) is 0 Å². The Morgan fingerprint density at radius 3 is 2.62 bits per heavy atom. The molecule has 0 aliphatic heterocycles. The first-order valence-electron chi connectivity index (χ1n) is 7.44. The van der Waals surface area contributed by atoms with Crippen LogP contribution < -0.4 is 10.6 Å². The lowest BCUT2D eigenvalue weighted by Gasteiger charge is -2.20. The summed E-state index contributed by atoms with van der Waals surface area (Å²) in [5.74, 6) is 0.00517. The second kappa shape index (κ2) is 6.10. The zero-order valence-corrected chi connectivity index (χ0v) is 12.2. The molecular formula is C18H20N2O. The number of para-hydroxylation sites is 1. The van der Waals surface area contributed by atoms with Gasteiger partial charge in [0.15, 0.2) is 0 Å². The average Bonchev–Trinajstić information content (AvgIpc) is 2.91. The Hall–Kier alpha value is -2.13. The van der Waals surface area contributed by atoms with E-state index < -0.39 is 0 Å². The van der Waals surface area contributed by atoms with Crippen molar-refractivity contribution >= 4 is 11.6 Å². The second-order valence-corrected chi connectivity index (χ2v) is 5.53. The highest BCUT2D eigenvalue weighted by Gasteiger charge is 2.25. The summed E-state index contributed by atoms with van der Waals surface area (Å²) in [6, 6.07) is 18.1. The Morgan fingerprint density at radius 1 is 1.10 bits per heavy atom. The highest BCUT2D eigenvalue weighted by atomic mass is 16.2. The number of carbonyl (C=O) groups excluding carboxylic acids is 1. The summed E-state index contributed by atoms with van der Waals surface area (Å²) in [5.41, 5.74) is 3.56. The van der Waals surface area contributed by atoms with E-state index in [0.717, 1.165) is 18.5 Å². The van der Waals surface area contributed by atoms with Crippen LogP contribution >= 0.6 is 0 Å². The minimum atomic E-state index is -0.221. The molecule has 3 rings (SSSR count). The monoisotopic (exact) mass is 280 g/mol. The minimum Gasteiger partial charge on any atom is -0.325 e. The van der Waals surface area contributed by atoms with E-state index >= 15 is 0 Å². The third-order valence-corrected chi connectivity index (χ3v) is 4.02. The van der Waals surface area contributed by atoms with Crippen molar-refractivity contribution in [2.45, 2.75) is 31.8 Å². The molecule has 1 aliphatic carbocycles. The Balaban J connectivity index is 1.62. The van der Waals surface area contributed by atoms with Gasteiger partial charge in [-0.3, -0.25) is 10.1 Å². The average molecular weight is 280 g/mol. The number of fused-ring (bicyclic) bond motifs is 1. The van der Waals surface area contributed by atoms with Crippen molar-refractivity contribution in [1.29, 1.82) is 0 Å². The van der Waals surface area contributed by atoms with E-state index in [1.165, 1.54) is 11.1 Å². The Kier molecular flexibility index (Phi) is 4.02. The van der Waals surface area contributed by atoms with E-state index in [2.05, 4.69) is 34.9 Å². The van der Waals surface area contributed by atoms with Crippen molar-refractivity contribution in [3.8, 4) is 0 Å². The molecule has 0 saturated carbocycles. The van der Waals surface area contributed by atoms with Crippen LogP contribution in [-0.2, 0) is 11.2 Å². The fourth-order valence-corrected chi connectivity index (χ4v) is 2.88. The van der Waals surface area contributed by atoms with E-state index in [-0.39, 0.29) is 18.0 Å². The molecule has 1 amide bonds. The number of rotatable bonds is 4. The van der Waals surface area contributed by atoms with Crippen LogP contribution in [0.4, 0.5) is 5.69 Å². The van der Waals surface area contributed by atoms with E-state index in [4.69, 9.17) is 0 Å². The molecule has 3 heteroatoms. The summed E-state index contributed by atoms with van der Waals surface area (Å²) < 4.78 is 0. The summed E-state index contributed by atoms with van der Waals surface area (Å²) in [7, 11) is 0. The molecule has 0 radical (unpaired) electrons. The normalized spacial score (nSPS) is 18.0. The molecule has 0 bridgehead atoms. The van der Waals surface area contributed by atoms with Gasteiger partial charge in [0.2, 0.25) is 5.91 Å². The molecule has 3 nitrogen and oxygen atoms in total. The van der Waals surface area contributed by atoms with Gasteiger partial charge in [0.25, 0.3) is 0 Å². The maximum absolute atomic E-state index is 12.2. The van der Waals surface area contributed by atoms with Crippen LogP contribution in [0.25, 0.3) is 0 Å². The van der Waals surface area contributed by atoms with Gasteiger partial charge < -0.3 is 5.32 Å². The van der Waals surface area contributed by atoms with Crippen LogP contribution in [0.1, 0.15) is 30.5 Å². The molecule has 0 heterocycles. The molecule has 2 aromatic rings. The largest absolute Gasteiger partial charge is 0.325 e. The van der Waals surface area contributed by atoms with Gasteiger partial charge >= 0.3 is 0 Å². The van der Waals surface area contributed by atoms with Gasteiger partial charge in [0, 0.05) is 11.7 Å².